The summed E-state index contributed by atoms with van der Waals surface area (Å²) in [5.41, 5.74) is 5.09. The van der Waals surface area contributed by atoms with Gasteiger partial charge < -0.3 is 10.1 Å². The average Bonchev–Trinajstić information content (AvgIpc) is 3.01. The molecule has 0 radical (unpaired) electrons. The first kappa shape index (κ1) is 21.4. The summed E-state index contributed by atoms with van der Waals surface area (Å²) >= 11 is 0. The summed E-state index contributed by atoms with van der Waals surface area (Å²) in [6, 6.07) is 22.9. The van der Waals surface area contributed by atoms with E-state index in [0.717, 1.165) is 16.7 Å². The normalized spacial score (nSPS) is 13.7. The van der Waals surface area contributed by atoms with Gasteiger partial charge in [0.15, 0.2) is 0 Å². The molecule has 0 unspecified atom stereocenters. The maximum absolute atomic E-state index is 13.5. The van der Waals surface area contributed by atoms with E-state index in [9.17, 15) is 9.59 Å². The maximum atomic E-state index is 13.5. The molecule has 162 valence electrons. The fourth-order valence-corrected chi connectivity index (χ4v) is 3.69. The highest BCUT2D eigenvalue weighted by atomic mass is 16.5. The van der Waals surface area contributed by atoms with Crippen LogP contribution in [0.2, 0.25) is 0 Å². The smallest absolute Gasteiger partial charge is 0.278 e. The van der Waals surface area contributed by atoms with Crippen LogP contribution in [0, 0.1) is 13.8 Å². The third-order valence-electron chi connectivity index (χ3n) is 5.42. The molecule has 1 aliphatic rings. The van der Waals surface area contributed by atoms with Crippen molar-refractivity contribution in [3.8, 4) is 5.75 Å². The lowest BCUT2D eigenvalue weighted by Crippen LogP contribution is -2.32. The topological polar surface area (TPSA) is 58.6 Å². The van der Waals surface area contributed by atoms with Gasteiger partial charge in [-0.25, -0.2) is 0 Å². The van der Waals surface area contributed by atoms with E-state index in [1.54, 1.807) is 0 Å². The Hall–Kier alpha value is -3.86. The van der Waals surface area contributed by atoms with Gasteiger partial charge >= 0.3 is 0 Å². The van der Waals surface area contributed by atoms with Crippen molar-refractivity contribution >= 4 is 23.1 Å². The molecule has 0 atom stereocenters. The predicted molar refractivity (Wildman–Crippen MR) is 126 cm³/mol. The van der Waals surface area contributed by atoms with Gasteiger partial charge in [-0.05, 0) is 44.0 Å². The molecule has 2 amide bonds. The third kappa shape index (κ3) is 4.28. The summed E-state index contributed by atoms with van der Waals surface area (Å²) in [4.78, 5) is 28.2. The Kier molecular flexibility index (Phi) is 6.08. The molecule has 4 rings (SSSR count). The minimum absolute atomic E-state index is 0.214. The van der Waals surface area contributed by atoms with E-state index in [1.807, 2.05) is 93.6 Å². The highest BCUT2D eigenvalue weighted by molar-refractivity contribution is 6.36. The van der Waals surface area contributed by atoms with Gasteiger partial charge in [0, 0.05) is 0 Å². The zero-order valence-corrected chi connectivity index (χ0v) is 18.5. The lowest BCUT2D eigenvalue weighted by atomic mass is 10.0. The SMILES string of the molecule is CCOc1ccccc1NC1=C(c2ccc(C)cc2)C(=O)N(Cc2ccc(C)cc2)C1=O. The van der Waals surface area contributed by atoms with Crippen molar-refractivity contribution in [2.24, 2.45) is 0 Å². The number of anilines is 1. The van der Waals surface area contributed by atoms with Crippen molar-refractivity contribution < 1.29 is 14.3 Å². The second-order valence-corrected chi connectivity index (χ2v) is 7.85. The number of aryl methyl sites for hydroxylation is 2. The maximum Gasteiger partial charge on any atom is 0.278 e. The number of benzene rings is 3. The standard InChI is InChI=1S/C27H26N2O3/c1-4-32-23-8-6-5-7-22(23)28-25-24(21-15-11-19(3)12-16-21)26(30)29(27(25)31)17-20-13-9-18(2)10-14-20/h5-16,28H,4,17H2,1-3H3. The van der Waals surface area contributed by atoms with Crippen molar-refractivity contribution in [3.05, 3.63) is 101 Å². The summed E-state index contributed by atoms with van der Waals surface area (Å²) in [6.07, 6.45) is 0. The Morgan fingerprint density at radius 3 is 2.09 bits per heavy atom. The first-order valence-electron chi connectivity index (χ1n) is 10.7. The fraction of sp³-hybridized carbons (Fsp3) is 0.185. The highest BCUT2D eigenvalue weighted by Gasteiger charge is 2.39. The van der Waals surface area contributed by atoms with Crippen molar-refractivity contribution in [2.75, 3.05) is 11.9 Å². The summed E-state index contributed by atoms with van der Waals surface area (Å²) in [5.74, 6) is -0.0312. The number of carbonyl (C=O) groups excluding carboxylic acids is 2. The van der Waals surface area contributed by atoms with Gasteiger partial charge in [-0.2, -0.15) is 0 Å². The molecule has 1 N–H and O–H groups in total. The molecular formula is C27H26N2O3. The van der Waals surface area contributed by atoms with Crippen LogP contribution in [0.25, 0.3) is 5.57 Å². The van der Waals surface area contributed by atoms with E-state index < -0.39 is 0 Å². The molecule has 0 spiro atoms. The number of para-hydroxylation sites is 2. The molecular weight excluding hydrogens is 400 g/mol. The minimum Gasteiger partial charge on any atom is -0.492 e. The average molecular weight is 427 g/mol. The molecule has 0 aromatic heterocycles. The van der Waals surface area contributed by atoms with Gasteiger partial charge in [-0.3, -0.25) is 14.5 Å². The molecule has 5 heteroatoms. The molecule has 0 fully saturated rings. The summed E-state index contributed by atoms with van der Waals surface area (Å²) in [6.45, 7) is 6.60. The van der Waals surface area contributed by atoms with Crippen molar-refractivity contribution in [3.63, 3.8) is 0 Å². The number of rotatable bonds is 7. The second kappa shape index (κ2) is 9.10. The Morgan fingerprint density at radius 1 is 0.812 bits per heavy atom. The number of carbonyl (C=O) groups is 2. The van der Waals surface area contributed by atoms with Crippen LogP contribution in [-0.4, -0.2) is 23.3 Å². The molecule has 1 heterocycles. The Morgan fingerprint density at radius 2 is 1.44 bits per heavy atom. The molecule has 3 aromatic rings. The number of imide groups is 1. The van der Waals surface area contributed by atoms with E-state index in [4.69, 9.17) is 4.74 Å². The van der Waals surface area contributed by atoms with Gasteiger partial charge in [-0.15, -0.1) is 0 Å². The fourth-order valence-electron chi connectivity index (χ4n) is 3.69. The van der Waals surface area contributed by atoms with Crippen LogP contribution in [0.5, 0.6) is 5.75 Å². The highest BCUT2D eigenvalue weighted by Crippen LogP contribution is 2.34. The number of nitrogens with one attached hydrogen (secondary N) is 1. The molecule has 0 saturated heterocycles. The molecule has 3 aromatic carbocycles. The monoisotopic (exact) mass is 426 g/mol. The van der Waals surface area contributed by atoms with Crippen LogP contribution in [0.4, 0.5) is 5.69 Å². The third-order valence-corrected chi connectivity index (χ3v) is 5.42. The molecule has 32 heavy (non-hydrogen) atoms. The molecule has 0 bridgehead atoms. The number of ether oxygens (including phenoxy) is 1. The quantitative estimate of drug-likeness (QED) is 0.535. The molecule has 5 nitrogen and oxygen atoms in total. The number of hydrogen-bond acceptors (Lipinski definition) is 4. The van der Waals surface area contributed by atoms with Gasteiger partial charge in [0.25, 0.3) is 11.8 Å². The van der Waals surface area contributed by atoms with Crippen molar-refractivity contribution in [2.45, 2.75) is 27.3 Å². The molecule has 0 saturated carbocycles. The lowest BCUT2D eigenvalue weighted by Gasteiger charge is -2.16. The number of nitrogens with zero attached hydrogens (tertiary/aromatic N) is 1. The Labute approximate surface area is 188 Å². The summed E-state index contributed by atoms with van der Waals surface area (Å²) in [5, 5.41) is 3.21. The van der Waals surface area contributed by atoms with E-state index in [0.29, 0.717) is 29.2 Å². The zero-order valence-electron chi connectivity index (χ0n) is 18.5. The largest absolute Gasteiger partial charge is 0.492 e. The van der Waals surface area contributed by atoms with Gasteiger partial charge in [-0.1, -0.05) is 71.8 Å². The van der Waals surface area contributed by atoms with E-state index in [-0.39, 0.29) is 24.1 Å². The second-order valence-electron chi connectivity index (χ2n) is 7.85. The van der Waals surface area contributed by atoms with Gasteiger partial charge in [0.1, 0.15) is 11.4 Å². The lowest BCUT2D eigenvalue weighted by molar-refractivity contribution is -0.137. The van der Waals surface area contributed by atoms with E-state index >= 15 is 0 Å². The van der Waals surface area contributed by atoms with E-state index in [2.05, 4.69) is 5.32 Å². The predicted octanol–water partition coefficient (Wildman–Crippen LogP) is 5.09. The molecule has 0 aliphatic carbocycles. The number of hydrogen-bond donors (Lipinski definition) is 1. The minimum atomic E-state index is -0.350. The van der Waals surface area contributed by atoms with Crippen LogP contribution in [0.3, 0.4) is 0 Å². The van der Waals surface area contributed by atoms with Gasteiger partial charge in [0.05, 0.1) is 24.4 Å². The van der Waals surface area contributed by atoms with Crippen LogP contribution >= 0.6 is 0 Å². The van der Waals surface area contributed by atoms with Gasteiger partial charge in [0.2, 0.25) is 0 Å². The first-order chi connectivity index (χ1) is 15.5. The summed E-state index contributed by atoms with van der Waals surface area (Å²) in [7, 11) is 0. The van der Waals surface area contributed by atoms with Crippen LogP contribution in [-0.2, 0) is 16.1 Å². The van der Waals surface area contributed by atoms with Crippen LogP contribution in [0.1, 0.15) is 29.2 Å². The van der Waals surface area contributed by atoms with E-state index in [1.165, 1.54) is 4.90 Å². The van der Waals surface area contributed by atoms with Crippen molar-refractivity contribution in [1.29, 1.82) is 0 Å². The first-order valence-corrected chi connectivity index (χ1v) is 10.7. The Balaban J connectivity index is 1.74. The summed E-state index contributed by atoms with van der Waals surface area (Å²) < 4.78 is 5.70. The molecule has 1 aliphatic heterocycles. The number of amides is 2. The Bertz CT molecular complexity index is 1180. The van der Waals surface area contributed by atoms with Crippen LogP contribution in [0.15, 0.2) is 78.5 Å². The van der Waals surface area contributed by atoms with Crippen LogP contribution < -0.4 is 10.1 Å². The zero-order chi connectivity index (χ0) is 22.7. The van der Waals surface area contributed by atoms with Crippen molar-refractivity contribution in [1.82, 2.24) is 4.90 Å².